The largest absolute Gasteiger partial charge is 0.495 e. The van der Waals surface area contributed by atoms with Crippen LogP contribution >= 0.6 is 11.6 Å². The third-order valence-electron chi connectivity index (χ3n) is 5.83. The monoisotopic (exact) mass is 599 g/mol. The summed E-state index contributed by atoms with van der Waals surface area (Å²) >= 11 is 6.27. The molecule has 0 fully saturated rings. The van der Waals surface area contributed by atoms with Crippen LogP contribution in [0.4, 0.5) is 17.1 Å². The van der Waals surface area contributed by atoms with Crippen molar-refractivity contribution in [3.8, 4) is 5.75 Å². The molecule has 0 atom stereocenters. The maximum Gasteiger partial charge on any atom is 0.262 e. The molecule has 1 amide bonds. The summed E-state index contributed by atoms with van der Waals surface area (Å²) < 4.78 is 61.3. The van der Waals surface area contributed by atoms with E-state index in [9.17, 15) is 21.6 Å². The Kier molecular flexibility index (Phi) is 8.38. The van der Waals surface area contributed by atoms with Crippen molar-refractivity contribution >= 4 is 54.6 Å². The first kappa shape index (κ1) is 28.9. The number of methoxy groups -OCH3 is 1. The fourth-order valence-corrected chi connectivity index (χ4v) is 6.11. The Morgan fingerprint density at radius 2 is 1.25 bits per heavy atom. The van der Waals surface area contributed by atoms with Gasteiger partial charge in [-0.25, -0.2) is 16.8 Å². The van der Waals surface area contributed by atoms with Crippen molar-refractivity contribution in [1.82, 2.24) is 0 Å². The molecule has 4 rings (SSSR count). The van der Waals surface area contributed by atoms with Crippen molar-refractivity contribution in [3.05, 3.63) is 107 Å². The van der Waals surface area contributed by atoms with E-state index in [4.69, 9.17) is 16.3 Å². The predicted molar refractivity (Wildman–Crippen MR) is 156 cm³/mol. The number of nitrogens with one attached hydrogen (secondary N) is 3. The van der Waals surface area contributed by atoms with Gasteiger partial charge >= 0.3 is 0 Å². The Labute approximate surface area is 238 Å². The first-order chi connectivity index (χ1) is 18.9. The minimum atomic E-state index is -3.92. The van der Waals surface area contributed by atoms with Crippen LogP contribution in [-0.2, 0) is 20.0 Å². The molecule has 208 valence electrons. The number of carbonyl (C=O) groups excluding carboxylic acids is 1. The van der Waals surface area contributed by atoms with Crippen LogP contribution in [-0.4, -0.2) is 29.9 Å². The van der Waals surface area contributed by atoms with Gasteiger partial charge in [0.1, 0.15) is 5.75 Å². The summed E-state index contributed by atoms with van der Waals surface area (Å²) in [5.41, 5.74) is 2.72. The Bertz CT molecular complexity index is 1770. The lowest BCUT2D eigenvalue weighted by atomic mass is 10.2. The van der Waals surface area contributed by atoms with Crippen LogP contribution in [0, 0.1) is 13.8 Å². The first-order valence-corrected chi connectivity index (χ1v) is 15.2. The van der Waals surface area contributed by atoms with E-state index in [0.717, 1.165) is 11.1 Å². The van der Waals surface area contributed by atoms with Gasteiger partial charge in [0.15, 0.2) is 0 Å². The van der Waals surface area contributed by atoms with E-state index in [-0.39, 0.29) is 26.1 Å². The topological polar surface area (TPSA) is 131 Å². The number of rotatable bonds is 9. The second-order valence-corrected chi connectivity index (χ2v) is 12.7. The lowest BCUT2D eigenvalue weighted by Crippen LogP contribution is -2.15. The summed E-state index contributed by atoms with van der Waals surface area (Å²) in [6, 6.07) is 21.2. The number of hydrogen-bond acceptors (Lipinski definition) is 6. The highest BCUT2D eigenvalue weighted by Gasteiger charge is 2.19. The summed E-state index contributed by atoms with van der Waals surface area (Å²) in [7, 11) is -6.35. The van der Waals surface area contributed by atoms with Gasteiger partial charge in [0.05, 0.1) is 33.3 Å². The molecule has 12 heteroatoms. The normalized spacial score (nSPS) is 11.5. The summed E-state index contributed by atoms with van der Waals surface area (Å²) in [4.78, 5) is 12.9. The van der Waals surface area contributed by atoms with Gasteiger partial charge in [-0.1, -0.05) is 35.4 Å². The third-order valence-corrected chi connectivity index (χ3v) is 8.90. The van der Waals surface area contributed by atoms with Crippen LogP contribution in [0.25, 0.3) is 0 Å². The van der Waals surface area contributed by atoms with Gasteiger partial charge in [-0.05, 0) is 86.1 Å². The number of hydrogen-bond donors (Lipinski definition) is 3. The molecule has 0 heterocycles. The van der Waals surface area contributed by atoms with Gasteiger partial charge in [0.2, 0.25) is 0 Å². The summed E-state index contributed by atoms with van der Waals surface area (Å²) in [5, 5.41) is 2.70. The Morgan fingerprint density at radius 3 is 1.82 bits per heavy atom. The number of ether oxygens (including phenoxy) is 1. The van der Waals surface area contributed by atoms with E-state index in [2.05, 4.69) is 14.8 Å². The van der Waals surface area contributed by atoms with Gasteiger partial charge in [0, 0.05) is 11.3 Å². The zero-order chi connectivity index (χ0) is 29.1. The molecule has 0 spiro atoms. The van der Waals surface area contributed by atoms with Crippen molar-refractivity contribution in [2.75, 3.05) is 21.9 Å². The maximum atomic E-state index is 12.9. The Morgan fingerprint density at radius 1 is 0.700 bits per heavy atom. The van der Waals surface area contributed by atoms with E-state index in [1.807, 2.05) is 13.8 Å². The summed E-state index contributed by atoms with van der Waals surface area (Å²) in [6.07, 6.45) is 0. The lowest BCUT2D eigenvalue weighted by Gasteiger charge is -2.13. The summed E-state index contributed by atoms with van der Waals surface area (Å²) in [6.45, 7) is 3.68. The fourth-order valence-electron chi connectivity index (χ4n) is 3.69. The van der Waals surface area contributed by atoms with Gasteiger partial charge in [-0.3, -0.25) is 14.2 Å². The van der Waals surface area contributed by atoms with E-state index in [1.54, 1.807) is 30.3 Å². The third kappa shape index (κ3) is 6.74. The number of benzene rings is 4. The van der Waals surface area contributed by atoms with Crippen molar-refractivity contribution in [2.24, 2.45) is 0 Å². The number of sulfonamides is 2. The standard InChI is InChI=1S/C28H26ClN3O6S2/c1-18-4-10-22(11-5-18)39(34,35)31-25-14-7-20(17-24(25)29)28(33)30-21-8-12-23(13-9-21)40(36,37)32-26-16-19(2)6-15-27(26)38-3/h4-17,31-32H,1-3H3,(H,30,33). The predicted octanol–water partition coefficient (Wildman–Crippen LogP) is 5.82. The molecule has 0 saturated carbocycles. The maximum absolute atomic E-state index is 12.9. The molecule has 0 aromatic heterocycles. The van der Waals surface area contributed by atoms with Crippen LogP contribution in [0.15, 0.2) is 94.7 Å². The molecule has 0 aliphatic carbocycles. The Hall–Kier alpha value is -4.06. The number of anilines is 3. The fraction of sp³-hybridized carbons (Fsp3) is 0.107. The zero-order valence-corrected chi connectivity index (χ0v) is 24.1. The van der Waals surface area contributed by atoms with Crippen LogP contribution in [0.5, 0.6) is 5.75 Å². The molecule has 4 aromatic carbocycles. The van der Waals surface area contributed by atoms with E-state index >= 15 is 0 Å². The SMILES string of the molecule is COc1ccc(C)cc1NS(=O)(=O)c1ccc(NC(=O)c2ccc(NS(=O)(=O)c3ccc(C)cc3)c(Cl)c2)cc1. The first-order valence-electron chi connectivity index (χ1n) is 11.9. The number of halogens is 1. The zero-order valence-electron chi connectivity index (χ0n) is 21.7. The van der Waals surface area contributed by atoms with Crippen LogP contribution in [0.3, 0.4) is 0 Å². The second kappa shape index (κ2) is 11.6. The molecule has 3 N–H and O–H groups in total. The minimum absolute atomic E-state index is 0.0117. The van der Waals surface area contributed by atoms with Crippen LogP contribution in [0.2, 0.25) is 5.02 Å². The van der Waals surface area contributed by atoms with Gasteiger partial charge in [0.25, 0.3) is 26.0 Å². The molecule has 4 aromatic rings. The smallest absolute Gasteiger partial charge is 0.262 e. The quantitative estimate of drug-likeness (QED) is 0.222. The molecule has 0 aliphatic heterocycles. The van der Waals surface area contributed by atoms with Crippen molar-refractivity contribution in [3.63, 3.8) is 0 Å². The molecular weight excluding hydrogens is 574 g/mol. The van der Waals surface area contributed by atoms with Crippen LogP contribution in [0.1, 0.15) is 21.5 Å². The molecule has 0 saturated heterocycles. The highest BCUT2D eigenvalue weighted by molar-refractivity contribution is 7.93. The highest BCUT2D eigenvalue weighted by Crippen LogP contribution is 2.29. The number of aryl methyl sites for hydroxylation is 2. The average molecular weight is 600 g/mol. The van der Waals surface area contributed by atoms with Crippen LogP contribution < -0.4 is 19.5 Å². The van der Waals surface area contributed by atoms with Crippen molar-refractivity contribution in [1.29, 1.82) is 0 Å². The van der Waals surface area contributed by atoms with Gasteiger partial charge < -0.3 is 10.1 Å². The Balaban J connectivity index is 1.45. The van der Waals surface area contributed by atoms with E-state index in [1.165, 1.54) is 61.7 Å². The van der Waals surface area contributed by atoms with Gasteiger partial charge in [-0.15, -0.1) is 0 Å². The van der Waals surface area contributed by atoms with Crippen molar-refractivity contribution < 1.29 is 26.4 Å². The molecule has 0 bridgehead atoms. The summed E-state index contributed by atoms with van der Waals surface area (Å²) in [5.74, 6) is -0.140. The average Bonchev–Trinajstić information content (AvgIpc) is 2.90. The molecular formula is C28H26ClN3O6S2. The molecule has 0 aliphatic rings. The number of carbonyl (C=O) groups is 1. The highest BCUT2D eigenvalue weighted by atomic mass is 35.5. The molecule has 9 nitrogen and oxygen atoms in total. The van der Waals surface area contributed by atoms with E-state index < -0.39 is 26.0 Å². The molecule has 40 heavy (non-hydrogen) atoms. The van der Waals surface area contributed by atoms with E-state index in [0.29, 0.717) is 17.1 Å². The lowest BCUT2D eigenvalue weighted by molar-refractivity contribution is 0.102. The van der Waals surface area contributed by atoms with Gasteiger partial charge in [-0.2, -0.15) is 0 Å². The van der Waals surface area contributed by atoms with Crippen molar-refractivity contribution in [2.45, 2.75) is 23.6 Å². The second-order valence-electron chi connectivity index (χ2n) is 8.90. The molecule has 0 unspecified atom stereocenters. The number of amides is 1. The minimum Gasteiger partial charge on any atom is -0.495 e. The molecule has 0 radical (unpaired) electrons.